The van der Waals surface area contributed by atoms with Gasteiger partial charge in [0, 0.05) is 10.9 Å². The number of rotatable bonds is 4. The molecule has 20 heavy (non-hydrogen) atoms. The Kier molecular flexibility index (Phi) is 4.06. The molecule has 0 fully saturated rings. The Hall–Kier alpha value is -1.35. The summed E-state index contributed by atoms with van der Waals surface area (Å²) >= 11 is 7.56. The zero-order chi connectivity index (χ0) is 13.9. The Bertz CT molecular complexity index is 720. The number of fused-ring (bicyclic) bond motifs is 1. The van der Waals surface area contributed by atoms with Gasteiger partial charge in [0.25, 0.3) is 0 Å². The second-order valence-electron chi connectivity index (χ2n) is 5.06. The highest BCUT2D eigenvalue weighted by Crippen LogP contribution is 2.23. The summed E-state index contributed by atoms with van der Waals surface area (Å²) in [5.41, 5.74) is 7.55. The van der Waals surface area contributed by atoms with Gasteiger partial charge in [0.05, 0.1) is 4.34 Å². The average Bonchev–Trinajstić information content (AvgIpc) is 2.83. The zero-order valence-electron chi connectivity index (χ0n) is 11.1. The van der Waals surface area contributed by atoms with Gasteiger partial charge in [-0.2, -0.15) is 0 Å². The van der Waals surface area contributed by atoms with Gasteiger partial charge in [0.15, 0.2) is 0 Å². The van der Waals surface area contributed by atoms with E-state index in [1.54, 1.807) is 11.3 Å². The fourth-order valence-corrected chi connectivity index (χ4v) is 3.64. The third-order valence-corrected chi connectivity index (χ3v) is 4.66. The topological polar surface area (TPSA) is 26.0 Å². The van der Waals surface area contributed by atoms with Crippen molar-refractivity contribution >= 4 is 33.7 Å². The zero-order valence-corrected chi connectivity index (χ0v) is 12.6. The molecule has 2 N–H and O–H groups in total. The third kappa shape index (κ3) is 3.21. The van der Waals surface area contributed by atoms with Crippen LogP contribution in [0, 0.1) is 0 Å². The minimum absolute atomic E-state index is 0.130. The van der Waals surface area contributed by atoms with Gasteiger partial charge in [-0.05, 0) is 41.3 Å². The minimum atomic E-state index is 0.130. The van der Waals surface area contributed by atoms with Crippen LogP contribution in [0.2, 0.25) is 4.34 Å². The van der Waals surface area contributed by atoms with E-state index in [4.69, 9.17) is 17.3 Å². The molecule has 0 amide bonds. The molecule has 0 saturated heterocycles. The lowest BCUT2D eigenvalue weighted by atomic mass is 10.0. The summed E-state index contributed by atoms with van der Waals surface area (Å²) in [5, 5.41) is 2.55. The number of halogens is 1. The lowest BCUT2D eigenvalue weighted by Gasteiger charge is -2.11. The second kappa shape index (κ2) is 5.96. The highest BCUT2D eigenvalue weighted by atomic mass is 35.5. The van der Waals surface area contributed by atoms with Crippen LogP contribution in [0.1, 0.15) is 10.4 Å². The first-order valence-electron chi connectivity index (χ1n) is 6.68. The largest absolute Gasteiger partial charge is 0.327 e. The predicted octanol–water partition coefficient (Wildman–Crippen LogP) is 4.67. The Balaban J connectivity index is 1.72. The summed E-state index contributed by atoms with van der Waals surface area (Å²) in [6, 6.07) is 19.1. The maximum atomic E-state index is 6.25. The van der Waals surface area contributed by atoms with Crippen LogP contribution >= 0.6 is 22.9 Å². The summed E-state index contributed by atoms with van der Waals surface area (Å²) < 4.78 is 0.831. The van der Waals surface area contributed by atoms with Crippen LogP contribution in [0.25, 0.3) is 10.8 Å². The Labute approximate surface area is 128 Å². The Morgan fingerprint density at radius 3 is 2.50 bits per heavy atom. The number of nitrogens with two attached hydrogens (primary N) is 1. The van der Waals surface area contributed by atoms with Crippen LogP contribution in [-0.2, 0) is 12.8 Å². The summed E-state index contributed by atoms with van der Waals surface area (Å²) in [4.78, 5) is 1.25. The van der Waals surface area contributed by atoms with Crippen molar-refractivity contribution in [3.63, 3.8) is 0 Å². The van der Waals surface area contributed by atoms with Gasteiger partial charge in [0.2, 0.25) is 0 Å². The van der Waals surface area contributed by atoms with E-state index in [0.29, 0.717) is 0 Å². The molecule has 3 heteroatoms. The van der Waals surface area contributed by atoms with Gasteiger partial charge in [-0.3, -0.25) is 0 Å². The van der Waals surface area contributed by atoms with E-state index in [2.05, 4.69) is 48.5 Å². The van der Waals surface area contributed by atoms with Crippen molar-refractivity contribution in [3.05, 3.63) is 69.4 Å². The first kappa shape index (κ1) is 13.6. The van der Waals surface area contributed by atoms with Gasteiger partial charge in [-0.15, -0.1) is 11.3 Å². The Morgan fingerprint density at radius 1 is 0.950 bits per heavy atom. The van der Waals surface area contributed by atoms with Crippen molar-refractivity contribution in [1.29, 1.82) is 0 Å². The molecule has 0 spiro atoms. The van der Waals surface area contributed by atoms with E-state index in [9.17, 15) is 0 Å². The molecule has 0 aliphatic heterocycles. The molecule has 2 aromatic carbocycles. The highest BCUT2D eigenvalue weighted by molar-refractivity contribution is 7.16. The molecule has 3 rings (SSSR count). The number of hydrogen-bond donors (Lipinski definition) is 1. The molecular weight excluding hydrogens is 286 g/mol. The first-order chi connectivity index (χ1) is 9.70. The lowest BCUT2D eigenvalue weighted by molar-refractivity contribution is 0.671. The van der Waals surface area contributed by atoms with Crippen molar-refractivity contribution < 1.29 is 0 Å². The van der Waals surface area contributed by atoms with Crippen molar-refractivity contribution in [1.82, 2.24) is 0 Å². The summed E-state index contributed by atoms with van der Waals surface area (Å²) in [6.45, 7) is 0. The smallest absolute Gasteiger partial charge is 0.0931 e. The average molecular weight is 302 g/mol. The van der Waals surface area contributed by atoms with Gasteiger partial charge in [0.1, 0.15) is 0 Å². The summed E-state index contributed by atoms with van der Waals surface area (Å²) in [5.74, 6) is 0. The van der Waals surface area contributed by atoms with E-state index in [-0.39, 0.29) is 6.04 Å². The molecule has 1 atom stereocenters. The van der Waals surface area contributed by atoms with E-state index >= 15 is 0 Å². The normalized spacial score (nSPS) is 12.7. The molecule has 0 aliphatic rings. The number of hydrogen-bond acceptors (Lipinski definition) is 2. The van der Waals surface area contributed by atoms with E-state index in [1.807, 2.05) is 6.07 Å². The van der Waals surface area contributed by atoms with Gasteiger partial charge in [-0.25, -0.2) is 0 Å². The molecule has 0 saturated carbocycles. The highest BCUT2D eigenvalue weighted by Gasteiger charge is 2.08. The second-order valence-corrected chi connectivity index (χ2v) is 6.86. The molecule has 3 aromatic rings. The van der Waals surface area contributed by atoms with Crippen LogP contribution < -0.4 is 5.73 Å². The molecule has 1 heterocycles. The van der Waals surface area contributed by atoms with Crippen molar-refractivity contribution in [2.75, 3.05) is 0 Å². The van der Waals surface area contributed by atoms with Gasteiger partial charge in [-0.1, -0.05) is 54.1 Å². The van der Waals surface area contributed by atoms with Crippen LogP contribution in [0.15, 0.2) is 54.6 Å². The van der Waals surface area contributed by atoms with Crippen LogP contribution in [0.3, 0.4) is 0 Å². The van der Waals surface area contributed by atoms with Crippen LogP contribution in [0.4, 0.5) is 0 Å². The third-order valence-electron chi connectivity index (χ3n) is 3.40. The monoisotopic (exact) mass is 301 g/mol. The molecular formula is C17H16ClNS. The fraction of sp³-hybridized carbons (Fsp3) is 0.176. The van der Waals surface area contributed by atoms with Crippen molar-refractivity contribution in [2.45, 2.75) is 18.9 Å². The van der Waals surface area contributed by atoms with Crippen LogP contribution in [-0.4, -0.2) is 6.04 Å². The molecule has 0 aliphatic carbocycles. The van der Waals surface area contributed by atoms with Crippen LogP contribution in [0.5, 0.6) is 0 Å². The molecule has 1 nitrogen and oxygen atoms in total. The maximum absolute atomic E-state index is 6.25. The summed E-state index contributed by atoms with van der Waals surface area (Å²) in [6.07, 6.45) is 1.77. The molecule has 0 radical (unpaired) electrons. The van der Waals surface area contributed by atoms with Crippen molar-refractivity contribution in [3.8, 4) is 0 Å². The van der Waals surface area contributed by atoms with E-state index in [0.717, 1.165) is 17.2 Å². The maximum Gasteiger partial charge on any atom is 0.0931 e. The quantitative estimate of drug-likeness (QED) is 0.745. The minimum Gasteiger partial charge on any atom is -0.327 e. The predicted molar refractivity (Wildman–Crippen MR) is 88.7 cm³/mol. The van der Waals surface area contributed by atoms with Crippen molar-refractivity contribution in [2.24, 2.45) is 5.73 Å². The standard InChI is InChI=1S/C17H16ClNS/c18-17-8-7-16(20-17)11-15(19)10-12-5-6-13-3-1-2-4-14(13)9-12/h1-9,15H,10-11,19H2. The van der Waals surface area contributed by atoms with Gasteiger partial charge < -0.3 is 5.73 Å². The number of thiophene rings is 1. The summed E-state index contributed by atoms with van der Waals surface area (Å²) in [7, 11) is 0. The van der Waals surface area contributed by atoms with Gasteiger partial charge >= 0.3 is 0 Å². The SMILES string of the molecule is NC(Cc1ccc2ccccc2c1)Cc1ccc(Cl)s1. The molecule has 0 bridgehead atoms. The Morgan fingerprint density at radius 2 is 1.75 bits per heavy atom. The molecule has 1 aromatic heterocycles. The molecule has 1 unspecified atom stereocenters. The van der Waals surface area contributed by atoms with E-state index in [1.165, 1.54) is 21.2 Å². The van der Waals surface area contributed by atoms with E-state index < -0.39 is 0 Å². The first-order valence-corrected chi connectivity index (χ1v) is 7.87. The lowest BCUT2D eigenvalue weighted by Crippen LogP contribution is -2.25. The molecule has 102 valence electrons. The number of benzene rings is 2. The fourth-order valence-electron chi connectivity index (χ4n) is 2.46.